The lowest BCUT2D eigenvalue weighted by Gasteiger charge is -2.19. The molecule has 1 heterocycles. The van der Waals surface area contributed by atoms with Crippen LogP contribution in [0.2, 0.25) is 0 Å². The van der Waals surface area contributed by atoms with Crippen LogP contribution >= 0.6 is 0 Å². The van der Waals surface area contributed by atoms with Crippen molar-refractivity contribution >= 4 is 6.09 Å². The molecule has 0 spiro atoms. The van der Waals surface area contributed by atoms with E-state index in [0.29, 0.717) is 6.54 Å². The molecule has 0 saturated carbocycles. The van der Waals surface area contributed by atoms with E-state index in [4.69, 9.17) is 0 Å². The maximum atomic E-state index is 12.2. The van der Waals surface area contributed by atoms with Gasteiger partial charge in [0.2, 0.25) is 0 Å². The lowest BCUT2D eigenvalue weighted by atomic mass is 10.2. The highest BCUT2D eigenvalue weighted by atomic mass is 19.4. The molecule has 1 amide bonds. The van der Waals surface area contributed by atoms with Crippen molar-refractivity contribution in [2.45, 2.75) is 18.7 Å². The standard InChI is InChI=1S/C7H11F3N2O2/c8-7(9,10)5-1-2-11-3-4-12-6(13)14-5/h5,11H,1-4H2,(H,12,13)/t5-/m1/s1. The molecular formula is C7H11F3N2O2. The summed E-state index contributed by atoms with van der Waals surface area (Å²) in [6.45, 7) is 0.891. The topological polar surface area (TPSA) is 50.4 Å². The average Bonchev–Trinajstić information content (AvgIpc) is 2.15. The lowest BCUT2D eigenvalue weighted by Crippen LogP contribution is -2.37. The van der Waals surface area contributed by atoms with Crippen LogP contribution in [0.4, 0.5) is 18.0 Å². The van der Waals surface area contributed by atoms with Crippen LogP contribution in [0.15, 0.2) is 0 Å². The van der Waals surface area contributed by atoms with Gasteiger partial charge in [-0.25, -0.2) is 4.79 Å². The molecule has 0 aliphatic carbocycles. The van der Waals surface area contributed by atoms with Gasteiger partial charge in [0.25, 0.3) is 0 Å². The minimum absolute atomic E-state index is 0.180. The molecule has 1 aliphatic rings. The van der Waals surface area contributed by atoms with Gasteiger partial charge < -0.3 is 15.4 Å². The van der Waals surface area contributed by atoms with Gasteiger partial charge in [0.05, 0.1) is 0 Å². The summed E-state index contributed by atoms with van der Waals surface area (Å²) in [5.74, 6) is 0. The Morgan fingerprint density at radius 1 is 1.29 bits per heavy atom. The summed E-state index contributed by atoms with van der Waals surface area (Å²) >= 11 is 0. The lowest BCUT2D eigenvalue weighted by molar-refractivity contribution is -0.204. The molecule has 0 radical (unpaired) electrons. The molecule has 0 unspecified atom stereocenters. The Bertz CT molecular complexity index is 208. The van der Waals surface area contributed by atoms with Gasteiger partial charge >= 0.3 is 12.3 Å². The van der Waals surface area contributed by atoms with Crippen LogP contribution in [0, 0.1) is 0 Å². The van der Waals surface area contributed by atoms with Gasteiger partial charge in [-0.2, -0.15) is 13.2 Å². The third-order valence-corrected chi connectivity index (χ3v) is 1.77. The summed E-state index contributed by atoms with van der Waals surface area (Å²) in [5, 5.41) is 4.96. The van der Waals surface area contributed by atoms with Crippen molar-refractivity contribution in [1.29, 1.82) is 0 Å². The van der Waals surface area contributed by atoms with Gasteiger partial charge in [-0.3, -0.25) is 0 Å². The first-order valence-electron chi connectivity index (χ1n) is 4.22. The molecule has 7 heteroatoms. The van der Waals surface area contributed by atoms with Crippen molar-refractivity contribution < 1.29 is 22.7 Å². The van der Waals surface area contributed by atoms with Crippen LogP contribution in [0.5, 0.6) is 0 Å². The van der Waals surface area contributed by atoms with E-state index in [1.807, 2.05) is 0 Å². The summed E-state index contributed by atoms with van der Waals surface area (Å²) < 4.78 is 40.9. The van der Waals surface area contributed by atoms with Crippen molar-refractivity contribution in [3.63, 3.8) is 0 Å². The molecule has 1 aliphatic heterocycles. The molecule has 0 aromatic heterocycles. The Kier molecular flexibility index (Phi) is 3.56. The van der Waals surface area contributed by atoms with E-state index in [9.17, 15) is 18.0 Å². The Morgan fingerprint density at radius 2 is 2.00 bits per heavy atom. The largest absolute Gasteiger partial charge is 0.437 e. The highest BCUT2D eigenvalue weighted by Crippen LogP contribution is 2.25. The van der Waals surface area contributed by atoms with Crippen molar-refractivity contribution in [1.82, 2.24) is 10.6 Å². The normalized spacial score (nSPS) is 25.4. The van der Waals surface area contributed by atoms with Gasteiger partial charge in [-0.1, -0.05) is 0 Å². The molecule has 1 rings (SSSR count). The second-order valence-corrected chi connectivity index (χ2v) is 2.90. The molecule has 1 fully saturated rings. The SMILES string of the molecule is O=C1NCCNCC[C@H](C(F)(F)F)O1. The predicted molar refractivity (Wildman–Crippen MR) is 41.8 cm³/mol. The smallest absolute Gasteiger partial charge is 0.425 e. The maximum Gasteiger partial charge on any atom is 0.425 e. The number of alkyl halides is 3. The van der Waals surface area contributed by atoms with Crippen molar-refractivity contribution in [3.05, 3.63) is 0 Å². The van der Waals surface area contributed by atoms with E-state index >= 15 is 0 Å². The number of amides is 1. The van der Waals surface area contributed by atoms with E-state index in [-0.39, 0.29) is 19.5 Å². The number of rotatable bonds is 0. The quantitative estimate of drug-likeness (QED) is 0.619. The third-order valence-electron chi connectivity index (χ3n) is 1.77. The molecule has 4 nitrogen and oxygen atoms in total. The highest BCUT2D eigenvalue weighted by molar-refractivity contribution is 5.67. The Labute approximate surface area is 78.8 Å². The number of carbonyl (C=O) groups excluding carboxylic acids is 1. The monoisotopic (exact) mass is 212 g/mol. The molecule has 2 N–H and O–H groups in total. The summed E-state index contributed by atoms with van der Waals surface area (Å²) in [6, 6.07) is 0. The van der Waals surface area contributed by atoms with Crippen LogP contribution in [0.1, 0.15) is 6.42 Å². The number of cyclic esters (lactones) is 1. The van der Waals surface area contributed by atoms with Gasteiger partial charge in [0.15, 0.2) is 6.10 Å². The van der Waals surface area contributed by atoms with Crippen LogP contribution in [0.3, 0.4) is 0 Å². The Balaban J connectivity index is 2.58. The molecule has 1 saturated heterocycles. The summed E-state index contributed by atoms with van der Waals surface area (Å²) in [5.41, 5.74) is 0. The number of carbonyl (C=O) groups is 1. The Hall–Kier alpha value is -0.980. The zero-order valence-electron chi connectivity index (χ0n) is 7.36. The first-order chi connectivity index (χ1) is 6.50. The second kappa shape index (κ2) is 4.50. The van der Waals surface area contributed by atoms with E-state index in [0.717, 1.165) is 0 Å². The highest BCUT2D eigenvalue weighted by Gasteiger charge is 2.42. The molecule has 14 heavy (non-hydrogen) atoms. The van der Waals surface area contributed by atoms with Crippen molar-refractivity contribution in [2.75, 3.05) is 19.6 Å². The molecule has 1 atom stereocenters. The van der Waals surface area contributed by atoms with Crippen LogP contribution < -0.4 is 10.6 Å². The molecule has 82 valence electrons. The van der Waals surface area contributed by atoms with Gasteiger partial charge in [0, 0.05) is 19.5 Å². The predicted octanol–water partition coefficient (Wildman–Crippen LogP) is 0.637. The minimum Gasteiger partial charge on any atom is -0.437 e. The first-order valence-corrected chi connectivity index (χ1v) is 4.22. The van der Waals surface area contributed by atoms with Gasteiger partial charge in [0.1, 0.15) is 0 Å². The fourth-order valence-electron chi connectivity index (χ4n) is 1.07. The average molecular weight is 212 g/mol. The van der Waals surface area contributed by atoms with Crippen molar-refractivity contribution in [3.8, 4) is 0 Å². The number of alkyl carbamates (subject to hydrolysis) is 1. The minimum atomic E-state index is -4.50. The summed E-state index contributed by atoms with van der Waals surface area (Å²) in [6.07, 6.45) is -7.79. The van der Waals surface area contributed by atoms with Crippen LogP contribution in [-0.4, -0.2) is 38.0 Å². The fourth-order valence-corrected chi connectivity index (χ4v) is 1.07. The zero-order chi connectivity index (χ0) is 10.6. The molecular weight excluding hydrogens is 201 g/mol. The zero-order valence-corrected chi connectivity index (χ0v) is 7.36. The first kappa shape index (κ1) is 11.1. The maximum absolute atomic E-state index is 12.2. The fraction of sp³-hybridized carbons (Fsp3) is 0.857. The van der Waals surface area contributed by atoms with E-state index in [2.05, 4.69) is 15.4 Å². The molecule has 0 aromatic carbocycles. The number of halogens is 3. The molecule has 0 aromatic rings. The number of ether oxygens (including phenoxy) is 1. The van der Waals surface area contributed by atoms with E-state index in [1.54, 1.807) is 0 Å². The summed E-state index contributed by atoms with van der Waals surface area (Å²) in [4.78, 5) is 10.8. The van der Waals surface area contributed by atoms with Crippen molar-refractivity contribution in [2.24, 2.45) is 0 Å². The van der Waals surface area contributed by atoms with Gasteiger partial charge in [-0.05, 0) is 6.54 Å². The van der Waals surface area contributed by atoms with Crippen LogP contribution in [-0.2, 0) is 4.74 Å². The van der Waals surface area contributed by atoms with E-state index < -0.39 is 18.4 Å². The third kappa shape index (κ3) is 3.41. The van der Waals surface area contributed by atoms with Gasteiger partial charge in [-0.15, -0.1) is 0 Å². The number of hydrogen-bond donors (Lipinski definition) is 2. The second-order valence-electron chi connectivity index (χ2n) is 2.90. The van der Waals surface area contributed by atoms with E-state index in [1.165, 1.54) is 0 Å². The number of hydrogen-bond acceptors (Lipinski definition) is 3. The number of nitrogens with one attached hydrogen (secondary N) is 2. The summed E-state index contributed by atoms with van der Waals surface area (Å²) in [7, 11) is 0. The van der Waals surface area contributed by atoms with Crippen LogP contribution in [0.25, 0.3) is 0 Å². The molecule has 0 bridgehead atoms. The Morgan fingerprint density at radius 3 is 2.64 bits per heavy atom.